The molecule has 12 heavy (non-hydrogen) atoms. The van der Waals surface area contributed by atoms with Crippen molar-refractivity contribution < 1.29 is 28.1 Å². The summed E-state index contributed by atoms with van der Waals surface area (Å²) in [4.78, 5) is 0. The summed E-state index contributed by atoms with van der Waals surface area (Å²) < 4.78 is 6.58. The molecule has 0 aliphatic heterocycles. The van der Waals surface area contributed by atoms with Crippen LogP contribution in [0.25, 0.3) is 0 Å². The van der Waals surface area contributed by atoms with Gasteiger partial charge in [0.15, 0.2) is 0 Å². The Kier molecular flexibility index (Phi) is 6.00. The molecular formula is C9H11ClHgO. The van der Waals surface area contributed by atoms with E-state index in [-0.39, 0.29) is 0 Å². The minimum absolute atomic E-state index is 0.728. The molecule has 1 rings (SSSR count). The van der Waals surface area contributed by atoms with Crippen molar-refractivity contribution in [2.24, 2.45) is 0 Å². The summed E-state index contributed by atoms with van der Waals surface area (Å²) in [5, 5.41) is 0. The number of hydrogen-bond donors (Lipinski definition) is 0. The van der Waals surface area contributed by atoms with Crippen molar-refractivity contribution in [3.05, 3.63) is 35.9 Å². The number of hydrogen-bond acceptors (Lipinski definition) is 1. The maximum absolute atomic E-state index is 5.73. The molecule has 0 atom stereocenters. The topological polar surface area (TPSA) is 9.23 Å². The van der Waals surface area contributed by atoms with Crippen LogP contribution < -0.4 is 0 Å². The van der Waals surface area contributed by atoms with Gasteiger partial charge < -0.3 is 0 Å². The second kappa shape index (κ2) is 6.87. The van der Waals surface area contributed by atoms with Gasteiger partial charge in [0.1, 0.15) is 0 Å². The van der Waals surface area contributed by atoms with E-state index in [0.29, 0.717) is 0 Å². The first-order valence-corrected chi connectivity index (χ1v) is 14.8. The van der Waals surface area contributed by atoms with Crippen LogP contribution in [0.15, 0.2) is 30.3 Å². The summed E-state index contributed by atoms with van der Waals surface area (Å²) in [6, 6.07) is 10.2. The molecule has 3 heteroatoms. The van der Waals surface area contributed by atoms with Crippen LogP contribution in [0.2, 0.25) is 3.93 Å². The van der Waals surface area contributed by atoms with Gasteiger partial charge in [-0.1, -0.05) is 0 Å². The summed E-state index contributed by atoms with van der Waals surface area (Å²) >= 11 is -0.948. The van der Waals surface area contributed by atoms with Gasteiger partial charge in [-0.25, -0.2) is 0 Å². The van der Waals surface area contributed by atoms with Crippen LogP contribution in [0.1, 0.15) is 5.56 Å². The summed E-state index contributed by atoms with van der Waals surface area (Å²) in [6.07, 6.45) is 0. The molecular weight excluding hydrogens is 360 g/mol. The fourth-order valence-corrected chi connectivity index (χ4v) is 3.10. The molecule has 0 radical (unpaired) electrons. The van der Waals surface area contributed by atoms with Gasteiger partial charge in [-0.2, -0.15) is 0 Å². The van der Waals surface area contributed by atoms with E-state index in [0.717, 1.165) is 17.1 Å². The molecule has 0 aliphatic carbocycles. The first-order chi connectivity index (χ1) is 5.93. The Hall–Kier alpha value is 0.405. The summed E-state index contributed by atoms with van der Waals surface area (Å²) in [7, 11) is 5.73. The van der Waals surface area contributed by atoms with E-state index in [9.17, 15) is 0 Å². The molecule has 0 saturated carbocycles. The van der Waals surface area contributed by atoms with Crippen molar-refractivity contribution in [3.63, 3.8) is 0 Å². The molecule has 0 spiro atoms. The molecule has 0 bridgehead atoms. The second-order valence-electron chi connectivity index (χ2n) is 2.58. The standard InChI is InChI=1S/C9H11O.ClH.Hg/c1-2-10-8-9-6-4-3-5-7-9;;/h3-7H,1-2,8H2;1H;/q;;+1/p-1. The summed E-state index contributed by atoms with van der Waals surface area (Å²) in [5.41, 5.74) is 1.24. The summed E-state index contributed by atoms with van der Waals surface area (Å²) in [5.74, 6) is 0. The molecule has 1 aromatic carbocycles. The molecule has 1 nitrogen and oxygen atoms in total. The predicted octanol–water partition coefficient (Wildman–Crippen LogP) is 2.86. The normalized spacial score (nSPS) is 9.42. The Morgan fingerprint density at radius 3 is 2.67 bits per heavy atom. The molecule has 0 heterocycles. The third-order valence-corrected chi connectivity index (χ3v) is 6.04. The van der Waals surface area contributed by atoms with Crippen molar-refractivity contribution in [3.8, 4) is 0 Å². The van der Waals surface area contributed by atoms with E-state index >= 15 is 0 Å². The average molecular weight is 371 g/mol. The van der Waals surface area contributed by atoms with Crippen LogP contribution in [0, 0.1) is 0 Å². The van der Waals surface area contributed by atoms with Gasteiger partial charge in [0.05, 0.1) is 0 Å². The fraction of sp³-hybridized carbons (Fsp3) is 0.333. The Bertz CT molecular complexity index is 203. The van der Waals surface area contributed by atoms with Crippen molar-refractivity contribution in [1.82, 2.24) is 0 Å². The average Bonchev–Trinajstić information content (AvgIpc) is 2.14. The molecule has 1 aromatic rings. The maximum atomic E-state index is 5.73. The van der Waals surface area contributed by atoms with Crippen molar-refractivity contribution >= 4 is 8.25 Å². The molecule has 0 saturated heterocycles. The van der Waals surface area contributed by atoms with Crippen LogP contribution in [0.5, 0.6) is 0 Å². The number of halogens is 1. The van der Waals surface area contributed by atoms with E-state index < -0.39 is 23.3 Å². The van der Waals surface area contributed by atoms with Crippen LogP contribution >= 0.6 is 8.25 Å². The Morgan fingerprint density at radius 2 is 2.00 bits per heavy atom. The van der Waals surface area contributed by atoms with E-state index in [1.54, 1.807) is 0 Å². The van der Waals surface area contributed by atoms with Crippen molar-refractivity contribution in [2.45, 2.75) is 10.5 Å². The Morgan fingerprint density at radius 1 is 1.25 bits per heavy atom. The first kappa shape index (κ1) is 10.5. The molecule has 62 valence electrons. The zero-order valence-corrected chi connectivity index (χ0v) is 13.3. The van der Waals surface area contributed by atoms with Crippen LogP contribution in [-0.4, -0.2) is 6.61 Å². The molecule has 0 aliphatic rings. The van der Waals surface area contributed by atoms with Gasteiger partial charge >= 0.3 is 89.4 Å². The molecule has 0 fully saturated rings. The zero-order chi connectivity index (χ0) is 8.65. The van der Waals surface area contributed by atoms with Crippen LogP contribution in [0.3, 0.4) is 0 Å². The van der Waals surface area contributed by atoms with Gasteiger partial charge in [-0.15, -0.1) is 0 Å². The van der Waals surface area contributed by atoms with Gasteiger partial charge in [0.25, 0.3) is 0 Å². The van der Waals surface area contributed by atoms with Gasteiger partial charge in [0.2, 0.25) is 0 Å². The van der Waals surface area contributed by atoms with Gasteiger partial charge in [0, 0.05) is 0 Å². The van der Waals surface area contributed by atoms with E-state index in [4.69, 9.17) is 13.0 Å². The molecule has 0 amide bonds. The van der Waals surface area contributed by atoms with Crippen molar-refractivity contribution in [1.29, 1.82) is 0 Å². The molecule has 0 aromatic heterocycles. The van der Waals surface area contributed by atoms with E-state index in [1.807, 2.05) is 18.2 Å². The quantitative estimate of drug-likeness (QED) is 0.572. The van der Waals surface area contributed by atoms with Gasteiger partial charge in [-0.05, 0) is 0 Å². The Labute approximate surface area is 88.9 Å². The Balaban J connectivity index is 2.16. The number of benzene rings is 1. The van der Waals surface area contributed by atoms with Crippen LogP contribution in [-0.2, 0) is 34.7 Å². The van der Waals surface area contributed by atoms with E-state index in [2.05, 4.69) is 12.1 Å². The third-order valence-electron chi connectivity index (χ3n) is 1.53. The molecule has 0 N–H and O–H groups in total. The third kappa shape index (κ3) is 4.44. The van der Waals surface area contributed by atoms with Gasteiger partial charge in [-0.3, -0.25) is 0 Å². The van der Waals surface area contributed by atoms with E-state index in [1.165, 1.54) is 5.56 Å². The SMILES string of the molecule is [Cl][Hg][CH2]COCc1ccccc1. The fourth-order valence-electron chi connectivity index (χ4n) is 0.921. The molecule has 0 unspecified atom stereocenters. The monoisotopic (exact) mass is 372 g/mol. The van der Waals surface area contributed by atoms with Crippen molar-refractivity contribution in [2.75, 3.05) is 6.61 Å². The van der Waals surface area contributed by atoms with Crippen LogP contribution in [0.4, 0.5) is 0 Å². The second-order valence-corrected chi connectivity index (χ2v) is 10.1. The predicted molar refractivity (Wildman–Crippen MR) is 46.8 cm³/mol. The minimum atomic E-state index is -0.948. The number of rotatable bonds is 5. The zero-order valence-electron chi connectivity index (χ0n) is 7.00. The number of ether oxygens (including phenoxy) is 1. The summed E-state index contributed by atoms with van der Waals surface area (Å²) in [6.45, 7) is 1.57. The first-order valence-electron chi connectivity index (χ1n) is 4.11.